The third-order valence-electron chi connectivity index (χ3n) is 4.92. The Labute approximate surface area is 199 Å². The number of rotatable bonds is 12. The number of carbonyl (C=O) groups is 3. The van der Waals surface area contributed by atoms with Gasteiger partial charge < -0.3 is 29.6 Å². The lowest BCUT2D eigenvalue weighted by Crippen LogP contribution is -2.46. The first-order chi connectivity index (χ1) is 16.3. The van der Waals surface area contributed by atoms with Crippen molar-refractivity contribution in [3.8, 4) is 17.2 Å². The SMILES string of the molecule is CCOc1ccc(C(=O)NC(C(=O)OCC(=O)NCc2ccc(OC)c(OC)c2)C(C)C)cc1. The predicted molar refractivity (Wildman–Crippen MR) is 126 cm³/mol. The summed E-state index contributed by atoms with van der Waals surface area (Å²) in [5.41, 5.74) is 1.18. The van der Waals surface area contributed by atoms with Crippen molar-refractivity contribution in [2.45, 2.75) is 33.4 Å². The van der Waals surface area contributed by atoms with Crippen molar-refractivity contribution in [2.24, 2.45) is 5.92 Å². The zero-order valence-electron chi connectivity index (χ0n) is 20.2. The maximum absolute atomic E-state index is 12.6. The van der Waals surface area contributed by atoms with Crippen LogP contribution >= 0.6 is 0 Å². The van der Waals surface area contributed by atoms with Crippen LogP contribution in [0.3, 0.4) is 0 Å². The number of amides is 2. The van der Waals surface area contributed by atoms with Gasteiger partial charge >= 0.3 is 5.97 Å². The topological polar surface area (TPSA) is 112 Å². The van der Waals surface area contributed by atoms with Gasteiger partial charge in [-0.1, -0.05) is 19.9 Å². The van der Waals surface area contributed by atoms with E-state index in [1.165, 1.54) is 7.11 Å². The third-order valence-corrected chi connectivity index (χ3v) is 4.92. The molecule has 0 spiro atoms. The van der Waals surface area contributed by atoms with Gasteiger partial charge in [0.05, 0.1) is 20.8 Å². The zero-order valence-corrected chi connectivity index (χ0v) is 20.2. The number of hydrogen-bond acceptors (Lipinski definition) is 7. The van der Waals surface area contributed by atoms with Crippen LogP contribution in [0.2, 0.25) is 0 Å². The molecule has 0 aliphatic heterocycles. The first-order valence-electron chi connectivity index (χ1n) is 11.0. The Kier molecular flexibility index (Phi) is 10.2. The number of nitrogens with one attached hydrogen (secondary N) is 2. The Balaban J connectivity index is 1.87. The number of esters is 1. The minimum atomic E-state index is -0.905. The van der Waals surface area contributed by atoms with Gasteiger partial charge in [-0.15, -0.1) is 0 Å². The van der Waals surface area contributed by atoms with Gasteiger partial charge in [0.15, 0.2) is 18.1 Å². The van der Waals surface area contributed by atoms with Gasteiger partial charge in [0.2, 0.25) is 0 Å². The summed E-state index contributed by atoms with van der Waals surface area (Å²) in [6, 6.07) is 11.0. The molecule has 0 saturated carbocycles. The molecule has 1 atom stereocenters. The molecule has 2 rings (SSSR count). The number of hydrogen-bond donors (Lipinski definition) is 2. The minimum Gasteiger partial charge on any atom is -0.494 e. The molecular weight excluding hydrogens is 440 g/mol. The Morgan fingerprint density at radius 1 is 0.941 bits per heavy atom. The standard InChI is InChI=1S/C25H32N2O7/c1-6-33-19-10-8-18(9-11-19)24(29)27-23(16(2)3)25(30)34-15-22(28)26-14-17-7-12-20(31-4)21(13-17)32-5/h7-13,16,23H,6,14-15H2,1-5H3,(H,26,28)(H,27,29). The van der Waals surface area contributed by atoms with E-state index in [1.54, 1.807) is 63.4 Å². The molecule has 0 aliphatic carbocycles. The molecule has 0 aromatic heterocycles. The van der Waals surface area contributed by atoms with Gasteiger partial charge in [0.25, 0.3) is 11.8 Å². The summed E-state index contributed by atoms with van der Waals surface area (Å²) in [4.78, 5) is 37.3. The summed E-state index contributed by atoms with van der Waals surface area (Å²) < 4.78 is 21.0. The summed E-state index contributed by atoms with van der Waals surface area (Å²) in [5, 5.41) is 5.36. The highest BCUT2D eigenvalue weighted by Gasteiger charge is 2.26. The number of methoxy groups -OCH3 is 2. The summed E-state index contributed by atoms with van der Waals surface area (Å²) in [6.45, 7) is 5.71. The highest BCUT2D eigenvalue weighted by molar-refractivity contribution is 5.97. The van der Waals surface area contributed by atoms with Gasteiger partial charge in [-0.3, -0.25) is 9.59 Å². The van der Waals surface area contributed by atoms with Gasteiger partial charge in [-0.25, -0.2) is 4.79 Å². The van der Waals surface area contributed by atoms with Gasteiger partial charge in [-0.2, -0.15) is 0 Å². The first-order valence-corrected chi connectivity index (χ1v) is 11.0. The summed E-state index contributed by atoms with van der Waals surface area (Å²) >= 11 is 0. The van der Waals surface area contributed by atoms with Crippen molar-refractivity contribution in [3.05, 3.63) is 53.6 Å². The van der Waals surface area contributed by atoms with Crippen molar-refractivity contribution in [3.63, 3.8) is 0 Å². The van der Waals surface area contributed by atoms with E-state index in [4.69, 9.17) is 18.9 Å². The fourth-order valence-corrected chi connectivity index (χ4v) is 3.06. The van der Waals surface area contributed by atoms with E-state index < -0.39 is 30.4 Å². The Hall–Kier alpha value is -3.75. The molecule has 2 aromatic carbocycles. The first kappa shape index (κ1) is 26.5. The number of carbonyl (C=O) groups excluding carboxylic acids is 3. The lowest BCUT2D eigenvalue weighted by atomic mass is 10.0. The molecule has 2 amide bonds. The van der Waals surface area contributed by atoms with Crippen LogP contribution in [0.1, 0.15) is 36.7 Å². The van der Waals surface area contributed by atoms with Crippen LogP contribution in [0.5, 0.6) is 17.2 Å². The largest absolute Gasteiger partial charge is 0.494 e. The maximum Gasteiger partial charge on any atom is 0.329 e. The number of ether oxygens (including phenoxy) is 4. The second-order valence-electron chi connectivity index (χ2n) is 7.73. The van der Waals surface area contributed by atoms with Crippen molar-refractivity contribution in [1.82, 2.24) is 10.6 Å². The maximum atomic E-state index is 12.6. The molecule has 9 nitrogen and oxygen atoms in total. The molecular formula is C25H32N2O7. The average Bonchev–Trinajstić information content (AvgIpc) is 2.84. The molecule has 1 unspecified atom stereocenters. The molecule has 9 heteroatoms. The fraction of sp³-hybridized carbons (Fsp3) is 0.400. The Morgan fingerprint density at radius 2 is 1.62 bits per heavy atom. The Morgan fingerprint density at radius 3 is 2.21 bits per heavy atom. The summed E-state index contributed by atoms with van der Waals surface area (Å²) in [7, 11) is 3.07. The van der Waals surface area contributed by atoms with Crippen LogP contribution in [-0.2, 0) is 20.9 Å². The molecule has 0 aliphatic rings. The highest BCUT2D eigenvalue weighted by Crippen LogP contribution is 2.27. The van der Waals surface area contributed by atoms with Crippen LogP contribution in [0, 0.1) is 5.92 Å². The lowest BCUT2D eigenvalue weighted by Gasteiger charge is -2.21. The lowest BCUT2D eigenvalue weighted by molar-refractivity contribution is -0.151. The van der Waals surface area contributed by atoms with Crippen LogP contribution in [0.25, 0.3) is 0 Å². The van der Waals surface area contributed by atoms with Crippen molar-refractivity contribution in [2.75, 3.05) is 27.4 Å². The van der Waals surface area contributed by atoms with Crippen LogP contribution in [-0.4, -0.2) is 51.3 Å². The van der Waals surface area contributed by atoms with E-state index in [0.29, 0.717) is 29.4 Å². The van der Waals surface area contributed by atoms with E-state index in [-0.39, 0.29) is 12.5 Å². The average molecular weight is 473 g/mol. The van der Waals surface area contributed by atoms with Crippen molar-refractivity contribution in [1.29, 1.82) is 0 Å². The Bertz CT molecular complexity index is 974. The molecule has 0 radical (unpaired) electrons. The zero-order chi connectivity index (χ0) is 25.1. The quantitative estimate of drug-likeness (QED) is 0.457. The normalized spacial score (nSPS) is 11.4. The second-order valence-corrected chi connectivity index (χ2v) is 7.73. The molecule has 2 N–H and O–H groups in total. The fourth-order valence-electron chi connectivity index (χ4n) is 3.06. The molecule has 0 fully saturated rings. The molecule has 0 heterocycles. The van der Waals surface area contributed by atoms with E-state index in [1.807, 2.05) is 6.92 Å². The van der Waals surface area contributed by atoms with E-state index in [2.05, 4.69) is 10.6 Å². The predicted octanol–water partition coefficient (Wildman–Crippen LogP) is 2.72. The highest BCUT2D eigenvalue weighted by atomic mass is 16.5. The number of benzene rings is 2. The van der Waals surface area contributed by atoms with Crippen molar-refractivity contribution < 1.29 is 33.3 Å². The second kappa shape index (κ2) is 13.1. The van der Waals surface area contributed by atoms with Gasteiger partial charge in [-0.05, 0) is 54.8 Å². The molecule has 0 bridgehead atoms. The summed E-state index contributed by atoms with van der Waals surface area (Å²) in [6.07, 6.45) is 0. The minimum absolute atomic E-state index is 0.221. The molecule has 0 saturated heterocycles. The monoisotopic (exact) mass is 472 g/mol. The van der Waals surface area contributed by atoms with E-state index in [0.717, 1.165) is 5.56 Å². The van der Waals surface area contributed by atoms with E-state index >= 15 is 0 Å². The smallest absolute Gasteiger partial charge is 0.329 e. The van der Waals surface area contributed by atoms with E-state index in [9.17, 15) is 14.4 Å². The van der Waals surface area contributed by atoms with Gasteiger partial charge in [0, 0.05) is 12.1 Å². The van der Waals surface area contributed by atoms with Crippen molar-refractivity contribution >= 4 is 17.8 Å². The van der Waals surface area contributed by atoms with Crippen LogP contribution in [0.15, 0.2) is 42.5 Å². The third kappa shape index (κ3) is 7.68. The summed E-state index contributed by atoms with van der Waals surface area (Å²) in [5.74, 6) is -0.0372. The molecule has 184 valence electrons. The molecule has 34 heavy (non-hydrogen) atoms. The van der Waals surface area contributed by atoms with Gasteiger partial charge in [0.1, 0.15) is 11.8 Å². The van der Waals surface area contributed by atoms with Crippen LogP contribution < -0.4 is 24.8 Å². The van der Waals surface area contributed by atoms with Crippen LogP contribution in [0.4, 0.5) is 0 Å². The molecule has 2 aromatic rings.